The Bertz CT molecular complexity index is 2600. The number of pyridine rings is 1. The first kappa shape index (κ1) is 29.1. The molecule has 0 amide bonds. The van der Waals surface area contributed by atoms with Gasteiger partial charge in [-0.2, -0.15) is 0 Å². The minimum atomic E-state index is -3.03. The SMILES string of the molecule is O=P(c1ccccc1)(c1ccccc1)c1ccc(-c2ccc(-n3c4ccccc4c4c(-c5ccccc5)nc5ccccc5c43)cc2)cc1. The summed E-state index contributed by atoms with van der Waals surface area (Å²) < 4.78 is 17.2. The van der Waals surface area contributed by atoms with Crippen LogP contribution >= 0.6 is 7.14 Å². The molecule has 0 N–H and O–H groups in total. The van der Waals surface area contributed by atoms with E-state index >= 15 is 0 Å². The molecule has 3 nitrogen and oxygen atoms in total. The summed E-state index contributed by atoms with van der Waals surface area (Å²) in [7, 11) is -3.03. The number of fused-ring (bicyclic) bond motifs is 5. The van der Waals surface area contributed by atoms with Gasteiger partial charge >= 0.3 is 0 Å². The highest BCUT2D eigenvalue weighted by atomic mass is 31.2. The maximum Gasteiger partial charge on any atom is 0.171 e. The van der Waals surface area contributed by atoms with Crippen molar-refractivity contribution in [3.05, 3.63) is 188 Å². The molecule has 9 aromatic rings. The van der Waals surface area contributed by atoms with E-state index < -0.39 is 7.14 Å². The molecular weight excluding hydrogens is 615 g/mol. The molecule has 0 spiro atoms. The minimum absolute atomic E-state index is 0.824. The summed E-state index contributed by atoms with van der Waals surface area (Å²) in [5.41, 5.74) is 8.61. The summed E-state index contributed by atoms with van der Waals surface area (Å²) in [4.78, 5) is 5.21. The van der Waals surface area contributed by atoms with Gasteiger partial charge in [0.25, 0.3) is 0 Å². The summed E-state index contributed by atoms with van der Waals surface area (Å²) in [6.07, 6.45) is 0. The van der Waals surface area contributed by atoms with Crippen molar-refractivity contribution in [1.82, 2.24) is 9.55 Å². The Morgan fingerprint density at radius 1 is 0.429 bits per heavy atom. The van der Waals surface area contributed by atoms with Crippen molar-refractivity contribution in [2.24, 2.45) is 0 Å². The van der Waals surface area contributed by atoms with Crippen molar-refractivity contribution in [1.29, 1.82) is 0 Å². The highest BCUT2D eigenvalue weighted by molar-refractivity contribution is 7.85. The van der Waals surface area contributed by atoms with Gasteiger partial charge in [0.05, 0.1) is 22.2 Å². The van der Waals surface area contributed by atoms with Crippen LogP contribution in [0.15, 0.2) is 188 Å². The van der Waals surface area contributed by atoms with E-state index in [1.165, 1.54) is 5.39 Å². The summed E-state index contributed by atoms with van der Waals surface area (Å²) in [5.74, 6) is 0. The molecule has 0 fully saturated rings. The highest BCUT2D eigenvalue weighted by Crippen LogP contribution is 2.43. The molecule has 49 heavy (non-hydrogen) atoms. The molecule has 9 rings (SSSR count). The van der Waals surface area contributed by atoms with E-state index in [9.17, 15) is 4.57 Å². The number of hydrogen-bond acceptors (Lipinski definition) is 2. The van der Waals surface area contributed by atoms with E-state index in [1.807, 2.05) is 78.9 Å². The van der Waals surface area contributed by atoms with Gasteiger partial charge in [-0.15, -0.1) is 0 Å². The Kier molecular flexibility index (Phi) is 7.08. The molecule has 0 saturated heterocycles. The lowest BCUT2D eigenvalue weighted by Crippen LogP contribution is -2.24. The van der Waals surface area contributed by atoms with Gasteiger partial charge in [0.1, 0.15) is 0 Å². The van der Waals surface area contributed by atoms with Gasteiger partial charge in [-0.3, -0.25) is 0 Å². The third kappa shape index (κ3) is 4.82. The lowest BCUT2D eigenvalue weighted by Gasteiger charge is -2.20. The van der Waals surface area contributed by atoms with Gasteiger partial charge in [0, 0.05) is 43.3 Å². The minimum Gasteiger partial charge on any atom is -0.309 e. The Hall–Kier alpha value is -6.02. The van der Waals surface area contributed by atoms with Gasteiger partial charge in [-0.25, -0.2) is 4.98 Å². The molecule has 0 aliphatic rings. The fraction of sp³-hybridized carbons (Fsp3) is 0. The van der Waals surface area contributed by atoms with Crippen LogP contribution in [0.5, 0.6) is 0 Å². The molecule has 0 aliphatic carbocycles. The maximum absolute atomic E-state index is 14.9. The Morgan fingerprint density at radius 3 is 1.55 bits per heavy atom. The van der Waals surface area contributed by atoms with Crippen LogP contribution in [-0.4, -0.2) is 9.55 Å². The summed E-state index contributed by atoms with van der Waals surface area (Å²) in [5, 5.41) is 5.95. The topological polar surface area (TPSA) is 34.9 Å². The average molecular weight is 647 g/mol. The molecule has 0 saturated carbocycles. The molecule has 0 bridgehead atoms. The van der Waals surface area contributed by atoms with Crippen molar-refractivity contribution < 1.29 is 4.57 Å². The standard InChI is InChI=1S/C45H31N2OP/c48-49(36-16-6-2-7-17-36,37-18-8-3-9-19-37)38-30-26-33(27-31-38)32-24-28-35(29-25-32)47-42-23-13-11-21-40(42)43-44(34-14-4-1-5-15-34)46-41-22-12-10-20-39(41)45(43)47/h1-31H. The summed E-state index contributed by atoms with van der Waals surface area (Å²) in [6, 6.07) is 64.2. The lowest BCUT2D eigenvalue weighted by molar-refractivity contribution is 0.592. The Labute approximate surface area is 285 Å². The molecule has 0 radical (unpaired) electrons. The van der Waals surface area contributed by atoms with Crippen LogP contribution in [0.4, 0.5) is 0 Å². The molecule has 0 unspecified atom stereocenters. The third-order valence-corrected chi connectivity index (χ3v) is 12.6. The molecule has 0 aliphatic heterocycles. The maximum atomic E-state index is 14.9. The zero-order valence-corrected chi connectivity index (χ0v) is 27.5. The quantitative estimate of drug-likeness (QED) is 0.169. The number of rotatable bonds is 6. The largest absolute Gasteiger partial charge is 0.309 e. The summed E-state index contributed by atoms with van der Waals surface area (Å²) in [6.45, 7) is 0. The molecular formula is C45H31N2OP. The monoisotopic (exact) mass is 646 g/mol. The number of para-hydroxylation sites is 2. The second-order valence-electron chi connectivity index (χ2n) is 12.3. The molecule has 232 valence electrons. The zero-order valence-electron chi connectivity index (χ0n) is 26.6. The van der Waals surface area contributed by atoms with Crippen LogP contribution in [0.3, 0.4) is 0 Å². The van der Waals surface area contributed by atoms with Gasteiger partial charge in [0.2, 0.25) is 0 Å². The molecule has 2 heterocycles. The van der Waals surface area contributed by atoms with Crippen LogP contribution in [0, 0.1) is 0 Å². The van der Waals surface area contributed by atoms with E-state index in [0.717, 1.165) is 71.3 Å². The van der Waals surface area contributed by atoms with Crippen LogP contribution < -0.4 is 15.9 Å². The first-order valence-corrected chi connectivity index (χ1v) is 18.2. The predicted octanol–water partition coefficient (Wildman–Crippen LogP) is 10.3. The molecule has 4 heteroatoms. The van der Waals surface area contributed by atoms with Gasteiger partial charge in [0.15, 0.2) is 7.14 Å². The van der Waals surface area contributed by atoms with Crippen molar-refractivity contribution in [2.45, 2.75) is 0 Å². The van der Waals surface area contributed by atoms with Gasteiger partial charge in [-0.05, 0) is 35.4 Å². The number of aromatic nitrogens is 2. The van der Waals surface area contributed by atoms with Gasteiger partial charge < -0.3 is 9.13 Å². The number of hydrogen-bond donors (Lipinski definition) is 0. The van der Waals surface area contributed by atoms with E-state index in [4.69, 9.17) is 4.98 Å². The van der Waals surface area contributed by atoms with Crippen molar-refractivity contribution in [2.75, 3.05) is 0 Å². The number of nitrogens with zero attached hydrogens (tertiary/aromatic N) is 2. The average Bonchev–Trinajstić information content (AvgIpc) is 3.54. The fourth-order valence-corrected chi connectivity index (χ4v) is 9.79. The highest BCUT2D eigenvalue weighted by Gasteiger charge is 2.29. The lowest BCUT2D eigenvalue weighted by atomic mass is 10.0. The van der Waals surface area contributed by atoms with E-state index in [-0.39, 0.29) is 0 Å². The van der Waals surface area contributed by atoms with Crippen LogP contribution in [-0.2, 0) is 4.57 Å². The second-order valence-corrected chi connectivity index (χ2v) is 15.1. The normalized spacial score (nSPS) is 11.8. The smallest absolute Gasteiger partial charge is 0.171 e. The van der Waals surface area contributed by atoms with Crippen LogP contribution in [0.1, 0.15) is 0 Å². The Morgan fingerprint density at radius 2 is 0.918 bits per heavy atom. The van der Waals surface area contributed by atoms with Crippen molar-refractivity contribution in [3.63, 3.8) is 0 Å². The van der Waals surface area contributed by atoms with E-state index in [1.54, 1.807) is 0 Å². The fourth-order valence-electron chi connectivity index (χ4n) is 7.15. The molecule has 0 atom stereocenters. The molecule has 7 aromatic carbocycles. The van der Waals surface area contributed by atoms with Crippen LogP contribution in [0.25, 0.3) is 60.8 Å². The summed E-state index contributed by atoms with van der Waals surface area (Å²) >= 11 is 0. The second kappa shape index (κ2) is 11.9. The predicted molar refractivity (Wildman–Crippen MR) is 206 cm³/mol. The van der Waals surface area contributed by atoms with Gasteiger partial charge in [-0.1, -0.05) is 164 Å². The molecule has 2 aromatic heterocycles. The van der Waals surface area contributed by atoms with E-state index in [0.29, 0.717) is 0 Å². The first-order valence-electron chi connectivity index (χ1n) is 16.5. The van der Waals surface area contributed by atoms with E-state index in [2.05, 4.69) is 114 Å². The number of benzene rings is 7. The first-order chi connectivity index (χ1) is 24.2. The van der Waals surface area contributed by atoms with Crippen molar-refractivity contribution in [3.8, 4) is 28.1 Å². The van der Waals surface area contributed by atoms with Crippen molar-refractivity contribution >= 4 is 55.8 Å². The van der Waals surface area contributed by atoms with Crippen LogP contribution in [0.2, 0.25) is 0 Å². The Balaban J connectivity index is 1.17. The third-order valence-electron chi connectivity index (χ3n) is 9.48. The zero-order chi connectivity index (χ0) is 32.8.